The van der Waals surface area contributed by atoms with Crippen LogP contribution in [-0.2, 0) is 6.42 Å². The highest BCUT2D eigenvalue weighted by atomic mass is 79.9. The second-order valence-electron chi connectivity index (χ2n) is 4.41. The average molecular weight is 292 g/mol. The molecule has 1 nitrogen and oxygen atoms in total. The Morgan fingerprint density at radius 2 is 2.06 bits per heavy atom. The molecule has 2 aromatic rings. The normalized spacial score (nSPS) is 12.8. The van der Waals surface area contributed by atoms with Gasteiger partial charge in [0.25, 0.3) is 0 Å². The number of hydrogen-bond acceptors (Lipinski definition) is 1. The van der Waals surface area contributed by atoms with Crippen molar-refractivity contribution in [1.82, 2.24) is 4.98 Å². The van der Waals surface area contributed by atoms with E-state index in [1.807, 2.05) is 12.3 Å². The molecule has 0 spiro atoms. The first-order valence-electron chi connectivity index (χ1n) is 6.28. The summed E-state index contributed by atoms with van der Waals surface area (Å²) >= 11 is 3.74. The van der Waals surface area contributed by atoms with Crippen LogP contribution in [0.2, 0.25) is 0 Å². The number of fused-ring (bicyclic) bond motifs is 1. The van der Waals surface area contributed by atoms with Gasteiger partial charge in [-0.1, -0.05) is 47.5 Å². The second-order valence-corrected chi connectivity index (χ2v) is 5.71. The van der Waals surface area contributed by atoms with Crippen LogP contribution in [0.15, 0.2) is 36.5 Å². The number of pyridine rings is 1. The van der Waals surface area contributed by atoms with Crippen LogP contribution in [0.25, 0.3) is 10.9 Å². The Morgan fingerprint density at radius 3 is 2.88 bits per heavy atom. The number of halogens is 1. The third-order valence-electron chi connectivity index (χ3n) is 3.06. The molecule has 0 fully saturated rings. The van der Waals surface area contributed by atoms with Gasteiger partial charge in [0.2, 0.25) is 0 Å². The maximum absolute atomic E-state index is 4.39. The minimum absolute atomic E-state index is 0.638. The van der Waals surface area contributed by atoms with Crippen LogP contribution >= 0.6 is 15.9 Å². The standard InChI is InChI=1S/C15H18BrN/c1-2-5-13(16)10-9-12-6-3-8-15-14(12)7-4-11-17-15/h3-4,6-8,11,13H,2,5,9-10H2,1H3. The third-order valence-corrected chi connectivity index (χ3v) is 3.98. The molecule has 2 rings (SSSR count). The summed E-state index contributed by atoms with van der Waals surface area (Å²) in [5.74, 6) is 0. The van der Waals surface area contributed by atoms with Gasteiger partial charge >= 0.3 is 0 Å². The number of aryl methyl sites for hydroxylation is 1. The van der Waals surface area contributed by atoms with Gasteiger partial charge in [-0.25, -0.2) is 0 Å². The van der Waals surface area contributed by atoms with Gasteiger partial charge in [0.1, 0.15) is 0 Å². The first-order valence-corrected chi connectivity index (χ1v) is 7.19. The van der Waals surface area contributed by atoms with E-state index in [0.29, 0.717) is 4.83 Å². The van der Waals surface area contributed by atoms with E-state index in [0.717, 1.165) is 11.9 Å². The summed E-state index contributed by atoms with van der Waals surface area (Å²) in [5, 5.41) is 1.30. The van der Waals surface area contributed by atoms with Crippen LogP contribution in [0, 0.1) is 0 Å². The first kappa shape index (κ1) is 12.6. The monoisotopic (exact) mass is 291 g/mol. The minimum atomic E-state index is 0.638. The van der Waals surface area contributed by atoms with Crippen molar-refractivity contribution in [3.05, 3.63) is 42.1 Å². The Hall–Kier alpha value is -0.890. The van der Waals surface area contributed by atoms with Crippen molar-refractivity contribution in [3.8, 4) is 0 Å². The predicted molar refractivity (Wildman–Crippen MR) is 77.7 cm³/mol. The lowest BCUT2D eigenvalue weighted by atomic mass is 10.0. The smallest absolute Gasteiger partial charge is 0.0704 e. The molecule has 0 bridgehead atoms. The molecular formula is C15H18BrN. The molecule has 0 aliphatic rings. The molecule has 17 heavy (non-hydrogen) atoms. The van der Waals surface area contributed by atoms with Gasteiger partial charge in [0.05, 0.1) is 5.52 Å². The minimum Gasteiger partial charge on any atom is -0.256 e. The van der Waals surface area contributed by atoms with E-state index in [4.69, 9.17) is 0 Å². The maximum Gasteiger partial charge on any atom is 0.0704 e. The number of rotatable bonds is 5. The summed E-state index contributed by atoms with van der Waals surface area (Å²) in [4.78, 5) is 5.03. The fourth-order valence-corrected chi connectivity index (χ4v) is 2.84. The molecule has 1 atom stereocenters. The summed E-state index contributed by atoms with van der Waals surface area (Å²) in [5.41, 5.74) is 2.52. The van der Waals surface area contributed by atoms with Crippen molar-refractivity contribution in [2.24, 2.45) is 0 Å². The van der Waals surface area contributed by atoms with Gasteiger partial charge in [-0.2, -0.15) is 0 Å². The van der Waals surface area contributed by atoms with E-state index in [1.54, 1.807) is 0 Å². The lowest BCUT2D eigenvalue weighted by molar-refractivity contribution is 0.694. The summed E-state index contributed by atoms with van der Waals surface area (Å²) in [6.45, 7) is 2.23. The lowest BCUT2D eigenvalue weighted by Crippen LogP contribution is -2.00. The molecular weight excluding hydrogens is 274 g/mol. The van der Waals surface area contributed by atoms with E-state index < -0.39 is 0 Å². The van der Waals surface area contributed by atoms with Crippen LogP contribution in [0.3, 0.4) is 0 Å². The Bertz CT molecular complexity index is 476. The highest BCUT2D eigenvalue weighted by molar-refractivity contribution is 9.09. The number of hydrogen-bond donors (Lipinski definition) is 0. The van der Waals surface area contributed by atoms with Gasteiger partial charge in [-0.3, -0.25) is 4.98 Å². The molecule has 90 valence electrons. The Balaban J connectivity index is 2.13. The van der Waals surface area contributed by atoms with E-state index in [-0.39, 0.29) is 0 Å². The fourth-order valence-electron chi connectivity index (χ4n) is 2.15. The fraction of sp³-hybridized carbons (Fsp3) is 0.400. The number of aromatic nitrogens is 1. The number of nitrogens with zero attached hydrogens (tertiary/aromatic N) is 1. The highest BCUT2D eigenvalue weighted by Crippen LogP contribution is 2.21. The summed E-state index contributed by atoms with van der Waals surface area (Å²) in [7, 11) is 0. The summed E-state index contributed by atoms with van der Waals surface area (Å²) < 4.78 is 0. The van der Waals surface area contributed by atoms with E-state index in [2.05, 4.69) is 52.1 Å². The van der Waals surface area contributed by atoms with Gasteiger partial charge < -0.3 is 0 Å². The van der Waals surface area contributed by atoms with Crippen LogP contribution in [0.1, 0.15) is 31.7 Å². The van der Waals surface area contributed by atoms with Crippen LogP contribution in [0.4, 0.5) is 0 Å². The molecule has 1 aromatic carbocycles. The van der Waals surface area contributed by atoms with Crippen molar-refractivity contribution < 1.29 is 0 Å². The van der Waals surface area contributed by atoms with E-state index in [1.165, 1.54) is 30.2 Å². The number of benzene rings is 1. The molecule has 0 aliphatic heterocycles. The van der Waals surface area contributed by atoms with E-state index in [9.17, 15) is 0 Å². The maximum atomic E-state index is 4.39. The van der Waals surface area contributed by atoms with E-state index >= 15 is 0 Å². The van der Waals surface area contributed by atoms with Crippen molar-refractivity contribution in [1.29, 1.82) is 0 Å². The van der Waals surface area contributed by atoms with Crippen molar-refractivity contribution in [3.63, 3.8) is 0 Å². The molecule has 1 heterocycles. The molecule has 1 aromatic heterocycles. The van der Waals surface area contributed by atoms with Crippen molar-refractivity contribution in [2.45, 2.75) is 37.4 Å². The van der Waals surface area contributed by atoms with Crippen molar-refractivity contribution >= 4 is 26.8 Å². The molecule has 1 unspecified atom stereocenters. The van der Waals surface area contributed by atoms with Crippen molar-refractivity contribution in [2.75, 3.05) is 0 Å². The van der Waals surface area contributed by atoms with Gasteiger partial charge in [0, 0.05) is 16.4 Å². The topological polar surface area (TPSA) is 12.9 Å². The zero-order valence-electron chi connectivity index (χ0n) is 10.2. The predicted octanol–water partition coefficient (Wildman–Crippen LogP) is 4.73. The van der Waals surface area contributed by atoms with Gasteiger partial charge in [0.15, 0.2) is 0 Å². The first-order chi connectivity index (χ1) is 8.31. The lowest BCUT2D eigenvalue weighted by Gasteiger charge is -2.09. The summed E-state index contributed by atoms with van der Waals surface area (Å²) in [6.07, 6.45) is 6.67. The molecule has 0 N–H and O–H groups in total. The Kier molecular flexibility index (Phi) is 4.55. The van der Waals surface area contributed by atoms with Gasteiger partial charge in [-0.15, -0.1) is 0 Å². The van der Waals surface area contributed by atoms with Crippen LogP contribution in [0.5, 0.6) is 0 Å². The quantitative estimate of drug-likeness (QED) is 0.726. The summed E-state index contributed by atoms with van der Waals surface area (Å²) in [6, 6.07) is 10.6. The van der Waals surface area contributed by atoms with Gasteiger partial charge in [-0.05, 0) is 37.0 Å². The average Bonchev–Trinajstić information content (AvgIpc) is 2.36. The Morgan fingerprint density at radius 1 is 1.18 bits per heavy atom. The molecule has 0 amide bonds. The molecule has 0 radical (unpaired) electrons. The third kappa shape index (κ3) is 3.29. The highest BCUT2D eigenvalue weighted by Gasteiger charge is 2.05. The number of alkyl halides is 1. The second kappa shape index (κ2) is 6.15. The molecule has 0 aliphatic carbocycles. The SMILES string of the molecule is CCCC(Br)CCc1cccc2ncccc12. The zero-order valence-corrected chi connectivity index (χ0v) is 11.8. The molecule has 0 saturated heterocycles. The largest absolute Gasteiger partial charge is 0.256 e. The molecule has 0 saturated carbocycles. The van der Waals surface area contributed by atoms with Crippen LogP contribution < -0.4 is 0 Å². The zero-order chi connectivity index (χ0) is 12.1. The van der Waals surface area contributed by atoms with Crippen LogP contribution in [-0.4, -0.2) is 9.81 Å². The molecule has 2 heteroatoms. The Labute approximate surface area is 111 Å².